The molecule has 0 aliphatic carbocycles. The van der Waals surface area contributed by atoms with Gasteiger partial charge in [-0.05, 0) is 73.5 Å². The summed E-state index contributed by atoms with van der Waals surface area (Å²) < 4.78 is 10.2. The van der Waals surface area contributed by atoms with Crippen LogP contribution in [0.5, 0.6) is 11.5 Å². The van der Waals surface area contributed by atoms with E-state index in [-0.39, 0.29) is 0 Å². The summed E-state index contributed by atoms with van der Waals surface area (Å²) in [5.74, 6) is 8.01. The summed E-state index contributed by atoms with van der Waals surface area (Å²) >= 11 is 0. The van der Waals surface area contributed by atoms with Crippen molar-refractivity contribution in [2.24, 2.45) is 0 Å². The van der Waals surface area contributed by atoms with Crippen LogP contribution in [0.25, 0.3) is 11.1 Å². The maximum atomic E-state index is 5.12. The molecule has 0 radical (unpaired) electrons. The largest absolute Gasteiger partial charge is 0.497 e. The van der Waals surface area contributed by atoms with Crippen molar-refractivity contribution in [3.63, 3.8) is 0 Å². The van der Waals surface area contributed by atoms with Crippen molar-refractivity contribution in [3.05, 3.63) is 119 Å². The molecule has 160 valence electrons. The molecule has 0 atom stereocenters. The van der Waals surface area contributed by atoms with Crippen LogP contribution in [0.2, 0.25) is 0 Å². The Labute approximate surface area is 191 Å². The number of hydrogen-bond acceptors (Lipinski definition) is 2. The minimum absolute atomic E-state index is 0.853. The number of hydrogen-bond donors (Lipinski definition) is 0. The minimum atomic E-state index is 0.853. The number of methoxy groups -OCH3 is 2. The molecule has 0 unspecified atom stereocenters. The van der Waals surface area contributed by atoms with Crippen LogP contribution < -0.4 is 9.47 Å². The zero-order chi connectivity index (χ0) is 22.8. The Morgan fingerprint density at radius 1 is 0.438 bits per heavy atom. The van der Waals surface area contributed by atoms with Crippen LogP contribution in [0.4, 0.5) is 0 Å². The van der Waals surface area contributed by atoms with Crippen molar-refractivity contribution in [1.29, 1.82) is 0 Å². The summed E-state index contributed by atoms with van der Waals surface area (Å²) in [7, 11) is 3.34. The zero-order valence-electron chi connectivity index (χ0n) is 19.1. The highest BCUT2D eigenvalue weighted by Gasteiger charge is 1.97. The first kappa shape index (κ1) is 22.7. The van der Waals surface area contributed by atoms with Crippen molar-refractivity contribution < 1.29 is 9.47 Å². The predicted molar refractivity (Wildman–Crippen MR) is 133 cm³/mol. The SMILES string of the molecule is COc1ccc(-c2ccc(C)cc2)cc1.COc1ccc(C#Cc2ccc(C)cc2)cc1. The first-order valence-corrected chi connectivity index (χ1v) is 10.5. The third-order valence-electron chi connectivity index (χ3n) is 4.97. The molecule has 0 N–H and O–H groups in total. The lowest BCUT2D eigenvalue weighted by atomic mass is 10.0. The van der Waals surface area contributed by atoms with Gasteiger partial charge < -0.3 is 9.47 Å². The predicted octanol–water partition coefficient (Wildman–Crippen LogP) is 7.07. The van der Waals surface area contributed by atoms with E-state index in [1.165, 1.54) is 22.3 Å². The first-order valence-electron chi connectivity index (χ1n) is 10.5. The van der Waals surface area contributed by atoms with E-state index >= 15 is 0 Å². The Hall–Kier alpha value is -3.96. The number of rotatable bonds is 3. The third-order valence-corrected chi connectivity index (χ3v) is 4.97. The molecule has 0 spiro atoms. The van der Waals surface area contributed by atoms with Gasteiger partial charge in [-0.3, -0.25) is 0 Å². The van der Waals surface area contributed by atoms with Gasteiger partial charge in [-0.15, -0.1) is 0 Å². The van der Waals surface area contributed by atoms with Crippen LogP contribution in [-0.2, 0) is 0 Å². The molecule has 0 saturated carbocycles. The molecule has 2 heteroatoms. The maximum Gasteiger partial charge on any atom is 0.118 e. The molecule has 32 heavy (non-hydrogen) atoms. The molecular weight excluding hydrogens is 392 g/mol. The highest BCUT2D eigenvalue weighted by molar-refractivity contribution is 5.64. The van der Waals surface area contributed by atoms with Gasteiger partial charge >= 0.3 is 0 Å². The lowest BCUT2D eigenvalue weighted by Crippen LogP contribution is -1.82. The lowest BCUT2D eigenvalue weighted by Gasteiger charge is -2.03. The van der Waals surface area contributed by atoms with Gasteiger partial charge in [0.2, 0.25) is 0 Å². The summed E-state index contributed by atoms with van der Waals surface area (Å²) in [6.45, 7) is 4.17. The third kappa shape index (κ3) is 6.79. The standard InChI is InChI=1S/C16H14O.C14H14O/c1-13-3-5-14(6-4-13)7-8-15-9-11-16(17-2)12-10-15;1-11-3-5-12(6-4-11)13-7-9-14(15-2)10-8-13/h3-6,9-12H,1-2H3;3-10H,1-2H3. The molecular formula is C30H28O2. The number of aryl methyl sites for hydroxylation is 2. The van der Waals surface area contributed by atoms with Gasteiger partial charge in [-0.2, -0.15) is 0 Å². The van der Waals surface area contributed by atoms with Crippen molar-refractivity contribution in [2.75, 3.05) is 14.2 Å². The summed E-state index contributed by atoms with van der Waals surface area (Å²) in [6, 6.07) is 32.6. The van der Waals surface area contributed by atoms with Gasteiger partial charge in [0.15, 0.2) is 0 Å². The highest BCUT2D eigenvalue weighted by Crippen LogP contribution is 2.22. The van der Waals surface area contributed by atoms with Crippen molar-refractivity contribution in [2.45, 2.75) is 13.8 Å². The molecule has 4 aromatic rings. The maximum absolute atomic E-state index is 5.12. The second-order valence-electron chi connectivity index (χ2n) is 7.44. The Kier molecular flexibility index (Phi) is 8.12. The van der Waals surface area contributed by atoms with Crippen LogP contribution in [0.15, 0.2) is 97.1 Å². The second kappa shape index (κ2) is 11.4. The van der Waals surface area contributed by atoms with Crippen LogP contribution >= 0.6 is 0 Å². The fraction of sp³-hybridized carbons (Fsp3) is 0.133. The highest BCUT2D eigenvalue weighted by atomic mass is 16.5. The normalized spacial score (nSPS) is 9.62. The number of ether oxygens (including phenoxy) is 2. The Bertz CT molecular complexity index is 1160. The average molecular weight is 421 g/mol. The Balaban J connectivity index is 0.000000182. The van der Waals surface area contributed by atoms with Crippen molar-refractivity contribution >= 4 is 0 Å². The van der Waals surface area contributed by atoms with E-state index in [9.17, 15) is 0 Å². The fourth-order valence-corrected chi connectivity index (χ4v) is 2.99. The molecule has 4 aromatic carbocycles. The molecule has 0 aliphatic heterocycles. The lowest BCUT2D eigenvalue weighted by molar-refractivity contribution is 0.414. The number of benzene rings is 4. The molecule has 0 amide bonds. The van der Waals surface area contributed by atoms with Gasteiger partial charge in [-0.25, -0.2) is 0 Å². The zero-order valence-corrected chi connectivity index (χ0v) is 19.1. The molecule has 0 heterocycles. The van der Waals surface area contributed by atoms with Crippen LogP contribution in [0.3, 0.4) is 0 Å². The summed E-state index contributed by atoms with van der Waals surface area (Å²) in [6.07, 6.45) is 0. The molecule has 0 bridgehead atoms. The van der Waals surface area contributed by atoms with Gasteiger partial charge in [0, 0.05) is 11.1 Å². The van der Waals surface area contributed by atoms with Gasteiger partial charge in [0.05, 0.1) is 14.2 Å². The molecule has 0 saturated heterocycles. The summed E-state index contributed by atoms with van der Waals surface area (Å²) in [5.41, 5.74) is 7.02. The van der Waals surface area contributed by atoms with E-state index < -0.39 is 0 Å². The summed E-state index contributed by atoms with van der Waals surface area (Å²) in [5, 5.41) is 0. The average Bonchev–Trinajstić information content (AvgIpc) is 2.85. The van der Waals surface area contributed by atoms with Crippen LogP contribution in [0.1, 0.15) is 22.3 Å². The minimum Gasteiger partial charge on any atom is -0.497 e. The topological polar surface area (TPSA) is 18.5 Å². The Morgan fingerprint density at radius 2 is 0.750 bits per heavy atom. The van der Waals surface area contributed by atoms with Crippen molar-refractivity contribution in [3.8, 4) is 34.5 Å². The molecule has 0 aliphatic rings. The van der Waals surface area contributed by atoms with Gasteiger partial charge in [0.25, 0.3) is 0 Å². The smallest absolute Gasteiger partial charge is 0.118 e. The van der Waals surface area contributed by atoms with E-state index in [1.807, 2.05) is 48.5 Å². The van der Waals surface area contributed by atoms with E-state index in [2.05, 4.69) is 74.2 Å². The monoisotopic (exact) mass is 420 g/mol. The van der Waals surface area contributed by atoms with E-state index in [1.54, 1.807) is 14.2 Å². The first-order chi connectivity index (χ1) is 15.6. The second-order valence-corrected chi connectivity index (χ2v) is 7.44. The van der Waals surface area contributed by atoms with E-state index in [0.717, 1.165) is 22.6 Å². The summed E-state index contributed by atoms with van der Waals surface area (Å²) in [4.78, 5) is 0. The molecule has 2 nitrogen and oxygen atoms in total. The van der Waals surface area contributed by atoms with E-state index in [0.29, 0.717) is 0 Å². The van der Waals surface area contributed by atoms with Crippen molar-refractivity contribution in [1.82, 2.24) is 0 Å². The fourth-order valence-electron chi connectivity index (χ4n) is 2.99. The molecule has 4 rings (SSSR count). The molecule has 0 aromatic heterocycles. The Morgan fingerprint density at radius 3 is 1.16 bits per heavy atom. The van der Waals surface area contributed by atoms with Crippen LogP contribution in [-0.4, -0.2) is 14.2 Å². The molecule has 0 fully saturated rings. The quantitative estimate of drug-likeness (QED) is 0.330. The van der Waals surface area contributed by atoms with Gasteiger partial charge in [-0.1, -0.05) is 71.5 Å². The van der Waals surface area contributed by atoms with Crippen LogP contribution in [0, 0.1) is 25.7 Å². The van der Waals surface area contributed by atoms with E-state index in [4.69, 9.17) is 9.47 Å². The van der Waals surface area contributed by atoms with Gasteiger partial charge in [0.1, 0.15) is 11.5 Å².